The Balaban J connectivity index is 2.54. The molecule has 0 aliphatic heterocycles. The van der Waals surface area contributed by atoms with Crippen molar-refractivity contribution in [1.82, 2.24) is 5.32 Å². The smallest absolute Gasteiger partial charge is 0.123 e. The summed E-state index contributed by atoms with van der Waals surface area (Å²) in [6.07, 6.45) is 7.17. The molecule has 1 aromatic carbocycles. The molecule has 1 unspecified atom stereocenters. The Morgan fingerprint density at radius 2 is 2.00 bits per heavy atom. The fraction of sp³-hybridized carbons (Fsp3) is 0.625. The summed E-state index contributed by atoms with van der Waals surface area (Å²) in [4.78, 5) is 0. The van der Waals surface area contributed by atoms with Gasteiger partial charge >= 0.3 is 0 Å². The van der Waals surface area contributed by atoms with Crippen molar-refractivity contribution in [2.45, 2.75) is 58.4 Å². The van der Waals surface area contributed by atoms with E-state index in [1.54, 1.807) is 12.1 Å². The van der Waals surface area contributed by atoms with E-state index in [-0.39, 0.29) is 5.82 Å². The molecular weight excluding hydrogens is 305 g/mol. The Hall–Kier alpha value is -0.410. The van der Waals surface area contributed by atoms with E-state index in [1.807, 2.05) is 0 Å². The molecule has 1 aromatic rings. The highest BCUT2D eigenvalue weighted by molar-refractivity contribution is 9.10. The number of benzene rings is 1. The lowest BCUT2D eigenvalue weighted by atomic mass is 10.00. The molecule has 19 heavy (non-hydrogen) atoms. The molecule has 0 aliphatic rings. The number of unbranched alkanes of at least 4 members (excludes halogenated alkanes) is 3. The van der Waals surface area contributed by atoms with Gasteiger partial charge in [-0.1, -0.05) is 55.5 Å². The normalized spacial score (nSPS) is 12.6. The first kappa shape index (κ1) is 16.6. The molecule has 0 heterocycles. The average molecular weight is 330 g/mol. The van der Waals surface area contributed by atoms with Gasteiger partial charge in [0.1, 0.15) is 5.82 Å². The first-order valence-corrected chi connectivity index (χ1v) is 8.14. The van der Waals surface area contributed by atoms with E-state index in [0.717, 1.165) is 29.4 Å². The minimum atomic E-state index is -0.153. The number of hydrogen-bond donors (Lipinski definition) is 1. The first-order chi connectivity index (χ1) is 9.17. The highest BCUT2D eigenvalue weighted by atomic mass is 79.9. The molecule has 0 amide bonds. The highest BCUT2D eigenvalue weighted by Crippen LogP contribution is 2.21. The lowest BCUT2D eigenvalue weighted by Crippen LogP contribution is -2.31. The highest BCUT2D eigenvalue weighted by Gasteiger charge is 2.11. The van der Waals surface area contributed by atoms with Gasteiger partial charge in [-0.3, -0.25) is 0 Å². The van der Waals surface area contributed by atoms with Crippen LogP contribution in [0, 0.1) is 5.82 Å². The molecule has 0 aliphatic carbocycles. The second kappa shape index (κ2) is 9.49. The predicted molar refractivity (Wildman–Crippen MR) is 84.0 cm³/mol. The number of likely N-dealkylation sites (N-methyl/N-ethyl adjacent to an activating group) is 1. The van der Waals surface area contributed by atoms with Gasteiger partial charge in [-0.05, 0) is 43.1 Å². The number of nitrogens with one attached hydrogen (secondary N) is 1. The Morgan fingerprint density at radius 1 is 1.21 bits per heavy atom. The van der Waals surface area contributed by atoms with E-state index in [0.29, 0.717) is 6.04 Å². The van der Waals surface area contributed by atoms with Crippen molar-refractivity contribution in [2.24, 2.45) is 0 Å². The fourth-order valence-corrected chi connectivity index (χ4v) is 2.76. The van der Waals surface area contributed by atoms with Crippen molar-refractivity contribution in [3.05, 3.63) is 34.1 Å². The molecule has 1 nitrogen and oxygen atoms in total. The Bertz CT molecular complexity index is 368. The zero-order chi connectivity index (χ0) is 14.1. The first-order valence-electron chi connectivity index (χ1n) is 7.34. The summed E-state index contributed by atoms with van der Waals surface area (Å²) in [6, 6.07) is 5.38. The van der Waals surface area contributed by atoms with E-state index in [9.17, 15) is 4.39 Å². The summed E-state index contributed by atoms with van der Waals surface area (Å²) in [7, 11) is 0. The third-order valence-corrected chi connectivity index (χ3v) is 4.15. The number of rotatable bonds is 9. The second-order valence-corrected chi connectivity index (χ2v) is 5.90. The minimum Gasteiger partial charge on any atom is -0.314 e. The van der Waals surface area contributed by atoms with Crippen LogP contribution in [0.25, 0.3) is 0 Å². The molecule has 0 spiro atoms. The van der Waals surface area contributed by atoms with Gasteiger partial charge in [-0.25, -0.2) is 4.39 Å². The van der Waals surface area contributed by atoms with Crippen molar-refractivity contribution in [1.29, 1.82) is 0 Å². The molecule has 0 bridgehead atoms. The van der Waals surface area contributed by atoms with Crippen LogP contribution in [0.1, 0.15) is 51.5 Å². The molecule has 0 aromatic heterocycles. The maximum absolute atomic E-state index is 13.3. The van der Waals surface area contributed by atoms with E-state index in [2.05, 4.69) is 35.1 Å². The molecular formula is C16H25BrFN. The SMILES string of the molecule is CCCCCCC(Cc1cc(F)ccc1Br)NCC. The quantitative estimate of drug-likeness (QED) is 0.623. The van der Waals surface area contributed by atoms with Crippen molar-refractivity contribution in [2.75, 3.05) is 6.54 Å². The molecule has 0 saturated carbocycles. The van der Waals surface area contributed by atoms with Crippen molar-refractivity contribution in [3.8, 4) is 0 Å². The number of halogens is 2. The third kappa shape index (κ3) is 6.53. The van der Waals surface area contributed by atoms with Crippen LogP contribution in [0.3, 0.4) is 0 Å². The van der Waals surface area contributed by atoms with Gasteiger partial charge in [0.05, 0.1) is 0 Å². The summed E-state index contributed by atoms with van der Waals surface area (Å²) in [5.41, 5.74) is 1.06. The van der Waals surface area contributed by atoms with Crippen LogP contribution in [-0.4, -0.2) is 12.6 Å². The van der Waals surface area contributed by atoms with Gasteiger partial charge in [0, 0.05) is 10.5 Å². The molecule has 108 valence electrons. The van der Waals surface area contributed by atoms with E-state index < -0.39 is 0 Å². The minimum absolute atomic E-state index is 0.153. The topological polar surface area (TPSA) is 12.0 Å². The zero-order valence-corrected chi connectivity index (χ0v) is 13.6. The van der Waals surface area contributed by atoms with Gasteiger partial charge in [0.2, 0.25) is 0 Å². The Kier molecular flexibility index (Phi) is 8.31. The van der Waals surface area contributed by atoms with Crippen LogP contribution >= 0.6 is 15.9 Å². The predicted octanol–water partition coefficient (Wildman–Crippen LogP) is 5.08. The van der Waals surface area contributed by atoms with E-state index in [4.69, 9.17) is 0 Å². The second-order valence-electron chi connectivity index (χ2n) is 5.04. The Labute approximate surface area is 125 Å². The molecule has 3 heteroatoms. The van der Waals surface area contributed by atoms with Gasteiger partial charge in [-0.2, -0.15) is 0 Å². The maximum atomic E-state index is 13.3. The molecule has 0 radical (unpaired) electrons. The summed E-state index contributed by atoms with van der Waals surface area (Å²) in [6.45, 7) is 5.32. The Morgan fingerprint density at radius 3 is 2.68 bits per heavy atom. The van der Waals surface area contributed by atoms with Gasteiger partial charge in [-0.15, -0.1) is 0 Å². The molecule has 1 rings (SSSR count). The molecule has 0 fully saturated rings. The van der Waals surface area contributed by atoms with Crippen LogP contribution in [0.4, 0.5) is 4.39 Å². The number of hydrogen-bond acceptors (Lipinski definition) is 1. The van der Waals surface area contributed by atoms with Crippen LogP contribution in [0.15, 0.2) is 22.7 Å². The van der Waals surface area contributed by atoms with Crippen molar-refractivity contribution < 1.29 is 4.39 Å². The molecule has 1 atom stereocenters. The lowest BCUT2D eigenvalue weighted by molar-refractivity contribution is 0.462. The van der Waals surface area contributed by atoms with Gasteiger partial charge in [0.25, 0.3) is 0 Å². The lowest BCUT2D eigenvalue weighted by Gasteiger charge is -2.18. The van der Waals surface area contributed by atoms with Crippen LogP contribution < -0.4 is 5.32 Å². The van der Waals surface area contributed by atoms with Gasteiger partial charge in [0.15, 0.2) is 0 Å². The van der Waals surface area contributed by atoms with Crippen LogP contribution in [0.5, 0.6) is 0 Å². The summed E-state index contributed by atoms with van der Waals surface area (Å²) >= 11 is 3.51. The zero-order valence-electron chi connectivity index (χ0n) is 12.0. The van der Waals surface area contributed by atoms with E-state index >= 15 is 0 Å². The van der Waals surface area contributed by atoms with E-state index in [1.165, 1.54) is 31.7 Å². The molecule has 0 saturated heterocycles. The maximum Gasteiger partial charge on any atom is 0.123 e. The third-order valence-electron chi connectivity index (χ3n) is 3.37. The average Bonchev–Trinajstić information content (AvgIpc) is 2.39. The van der Waals surface area contributed by atoms with Crippen molar-refractivity contribution >= 4 is 15.9 Å². The van der Waals surface area contributed by atoms with Gasteiger partial charge < -0.3 is 5.32 Å². The van der Waals surface area contributed by atoms with Crippen LogP contribution in [0.2, 0.25) is 0 Å². The largest absolute Gasteiger partial charge is 0.314 e. The summed E-state index contributed by atoms with van der Waals surface area (Å²) in [5, 5.41) is 3.51. The van der Waals surface area contributed by atoms with Crippen LogP contribution in [-0.2, 0) is 6.42 Å². The monoisotopic (exact) mass is 329 g/mol. The summed E-state index contributed by atoms with van der Waals surface area (Å²) in [5.74, 6) is -0.153. The fourth-order valence-electron chi connectivity index (χ4n) is 2.35. The molecule has 1 N–H and O–H groups in total. The standard InChI is InChI=1S/C16H25BrFN/c1-3-5-6-7-8-15(19-4-2)12-13-11-14(18)9-10-16(13)17/h9-11,15,19H,3-8,12H2,1-2H3. The van der Waals surface area contributed by atoms with Crippen molar-refractivity contribution in [3.63, 3.8) is 0 Å². The summed E-state index contributed by atoms with van der Waals surface area (Å²) < 4.78 is 14.3.